The summed E-state index contributed by atoms with van der Waals surface area (Å²) in [4.78, 5) is 2.34. The van der Waals surface area contributed by atoms with Crippen molar-refractivity contribution >= 4 is 0 Å². The molecule has 1 aromatic carbocycles. The summed E-state index contributed by atoms with van der Waals surface area (Å²) in [6.45, 7) is 5.09. The lowest BCUT2D eigenvalue weighted by atomic mass is 10.1. The van der Waals surface area contributed by atoms with E-state index >= 15 is 0 Å². The smallest absolute Gasteiger partial charge is 0.127 e. The molecule has 2 atom stereocenters. The van der Waals surface area contributed by atoms with Gasteiger partial charge in [-0.1, -0.05) is 6.92 Å². The lowest BCUT2D eigenvalue weighted by Gasteiger charge is -2.29. The highest BCUT2D eigenvalue weighted by atomic mass is 16.5. The van der Waals surface area contributed by atoms with Gasteiger partial charge in [0.05, 0.1) is 6.04 Å². The van der Waals surface area contributed by atoms with Crippen molar-refractivity contribution in [3.63, 3.8) is 0 Å². The number of phenolic OH excluding ortho intramolecular Hbond substituents is 1. The van der Waals surface area contributed by atoms with E-state index < -0.39 is 0 Å². The predicted octanol–water partition coefficient (Wildman–Crippen LogP) is 2.56. The second kappa shape index (κ2) is 4.34. The van der Waals surface area contributed by atoms with E-state index in [1.54, 1.807) is 12.1 Å². The van der Waals surface area contributed by atoms with Gasteiger partial charge in [0, 0.05) is 17.7 Å². The number of hydrogen-bond donors (Lipinski definition) is 1. The van der Waals surface area contributed by atoms with Crippen molar-refractivity contribution in [3.05, 3.63) is 23.8 Å². The maximum Gasteiger partial charge on any atom is 0.127 e. The standard InChI is InChI=1S/C13H19NO2/c1-4-9(2)14(3)12-8-16-13-7-10(15)5-6-11(12)13/h5-7,9,12,15H,4,8H2,1-3H3. The van der Waals surface area contributed by atoms with E-state index in [0.717, 1.165) is 12.2 Å². The normalized spacial score (nSPS) is 20.6. The van der Waals surface area contributed by atoms with Gasteiger partial charge in [0.25, 0.3) is 0 Å². The Labute approximate surface area is 96.6 Å². The van der Waals surface area contributed by atoms with Crippen molar-refractivity contribution in [2.75, 3.05) is 13.7 Å². The molecule has 2 unspecified atom stereocenters. The van der Waals surface area contributed by atoms with Crippen LogP contribution in [0.1, 0.15) is 31.9 Å². The van der Waals surface area contributed by atoms with Gasteiger partial charge < -0.3 is 9.84 Å². The number of ether oxygens (including phenoxy) is 1. The molecule has 0 saturated carbocycles. The quantitative estimate of drug-likeness (QED) is 0.851. The van der Waals surface area contributed by atoms with Crippen molar-refractivity contribution in [3.8, 4) is 11.5 Å². The zero-order chi connectivity index (χ0) is 11.7. The van der Waals surface area contributed by atoms with Crippen LogP contribution in [0.3, 0.4) is 0 Å². The van der Waals surface area contributed by atoms with Crippen LogP contribution in [0.2, 0.25) is 0 Å². The number of likely N-dealkylation sites (N-methyl/N-ethyl adjacent to an activating group) is 1. The minimum Gasteiger partial charge on any atom is -0.508 e. The van der Waals surface area contributed by atoms with Crippen LogP contribution in [0, 0.1) is 0 Å². The molecule has 1 aromatic rings. The molecule has 1 aliphatic heterocycles. The third-order valence-electron chi connectivity index (χ3n) is 3.53. The Morgan fingerprint density at radius 2 is 2.31 bits per heavy atom. The van der Waals surface area contributed by atoms with Crippen LogP contribution in [-0.2, 0) is 0 Å². The van der Waals surface area contributed by atoms with Gasteiger partial charge in [-0.15, -0.1) is 0 Å². The number of phenols is 1. The topological polar surface area (TPSA) is 32.7 Å². The molecule has 88 valence electrons. The van der Waals surface area contributed by atoms with E-state index in [9.17, 15) is 5.11 Å². The Hall–Kier alpha value is -1.22. The van der Waals surface area contributed by atoms with Crippen LogP contribution in [0.4, 0.5) is 0 Å². The second-order valence-corrected chi connectivity index (χ2v) is 4.47. The number of hydrogen-bond acceptors (Lipinski definition) is 3. The summed E-state index contributed by atoms with van der Waals surface area (Å²) >= 11 is 0. The van der Waals surface area contributed by atoms with Gasteiger partial charge in [-0.3, -0.25) is 4.90 Å². The Morgan fingerprint density at radius 1 is 1.56 bits per heavy atom. The highest BCUT2D eigenvalue weighted by molar-refractivity contribution is 5.44. The van der Waals surface area contributed by atoms with E-state index in [1.165, 1.54) is 5.56 Å². The van der Waals surface area contributed by atoms with E-state index in [1.807, 2.05) is 6.07 Å². The number of aromatic hydroxyl groups is 1. The van der Waals surface area contributed by atoms with E-state index in [-0.39, 0.29) is 5.75 Å². The fraction of sp³-hybridized carbons (Fsp3) is 0.538. The van der Waals surface area contributed by atoms with Gasteiger partial charge in [0.15, 0.2) is 0 Å². The molecule has 0 aliphatic carbocycles. The molecule has 0 fully saturated rings. The molecule has 2 rings (SSSR count). The van der Waals surface area contributed by atoms with Crippen molar-refractivity contribution in [1.29, 1.82) is 0 Å². The first kappa shape index (κ1) is 11.3. The lowest BCUT2D eigenvalue weighted by Crippen LogP contribution is -2.33. The molecule has 0 bridgehead atoms. The van der Waals surface area contributed by atoms with Gasteiger partial charge in [-0.2, -0.15) is 0 Å². The molecular weight excluding hydrogens is 202 g/mol. The van der Waals surface area contributed by atoms with Gasteiger partial charge in [-0.05, 0) is 32.5 Å². The fourth-order valence-corrected chi connectivity index (χ4v) is 2.11. The highest BCUT2D eigenvalue weighted by Crippen LogP contribution is 2.38. The molecule has 0 amide bonds. The number of nitrogens with zero attached hydrogens (tertiary/aromatic N) is 1. The summed E-state index contributed by atoms with van der Waals surface area (Å²) in [5.74, 6) is 1.09. The van der Waals surface area contributed by atoms with Crippen LogP contribution in [0.5, 0.6) is 11.5 Å². The summed E-state index contributed by atoms with van der Waals surface area (Å²) in [6, 6.07) is 6.23. The van der Waals surface area contributed by atoms with Crippen molar-refractivity contribution in [2.24, 2.45) is 0 Å². The first-order valence-corrected chi connectivity index (χ1v) is 5.81. The number of benzene rings is 1. The Bertz CT molecular complexity index is 378. The maximum atomic E-state index is 9.38. The zero-order valence-corrected chi connectivity index (χ0v) is 10.1. The molecule has 0 spiro atoms. The van der Waals surface area contributed by atoms with Gasteiger partial charge in [-0.25, -0.2) is 0 Å². The molecule has 1 aliphatic rings. The van der Waals surface area contributed by atoms with Gasteiger partial charge in [0.1, 0.15) is 18.1 Å². The number of fused-ring (bicyclic) bond motifs is 1. The molecule has 1 heterocycles. The largest absolute Gasteiger partial charge is 0.508 e. The molecule has 0 radical (unpaired) electrons. The predicted molar refractivity (Wildman–Crippen MR) is 63.9 cm³/mol. The summed E-state index contributed by atoms with van der Waals surface area (Å²) < 4.78 is 5.61. The van der Waals surface area contributed by atoms with Gasteiger partial charge in [0.2, 0.25) is 0 Å². The van der Waals surface area contributed by atoms with Crippen molar-refractivity contribution in [1.82, 2.24) is 4.90 Å². The molecule has 16 heavy (non-hydrogen) atoms. The van der Waals surface area contributed by atoms with Crippen molar-refractivity contribution in [2.45, 2.75) is 32.4 Å². The van der Waals surface area contributed by atoms with Crippen LogP contribution in [0.15, 0.2) is 18.2 Å². The summed E-state index contributed by atoms with van der Waals surface area (Å²) in [5.41, 5.74) is 1.18. The number of rotatable bonds is 3. The van der Waals surface area contributed by atoms with Crippen LogP contribution >= 0.6 is 0 Å². The van der Waals surface area contributed by atoms with Gasteiger partial charge >= 0.3 is 0 Å². The average Bonchev–Trinajstić information content (AvgIpc) is 2.69. The van der Waals surface area contributed by atoms with E-state index in [4.69, 9.17) is 4.74 Å². The molecular formula is C13H19NO2. The Kier molecular flexibility index (Phi) is 3.06. The third-order valence-corrected chi connectivity index (χ3v) is 3.53. The third kappa shape index (κ3) is 1.87. The van der Waals surface area contributed by atoms with E-state index in [0.29, 0.717) is 18.7 Å². The first-order chi connectivity index (χ1) is 7.63. The molecule has 0 aromatic heterocycles. The minimum absolute atomic E-state index is 0.269. The van der Waals surface area contributed by atoms with Crippen LogP contribution in [0.25, 0.3) is 0 Å². The summed E-state index contributed by atoms with van der Waals surface area (Å²) in [6.07, 6.45) is 1.13. The maximum absolute atomic E-state index is 9.38. The monoisotopic (exact) mass is 221 g/mol. The first-order valence-electron chi connectivity index (χ1n) is 5.81. The summed E-state index contributed by atoms with van der Waals surface area (Å²) in [5, 5.41) is 9.38. The highest BCUT2D eigenvalue weighted by Gasteiger charge is 2.29. The average molecular weight is 221 g/mol. The van der Waals surface area contributed by atoms with Crippen LogP contribution < -0.4 is 4.74 Å². The Balaban J connectivity index is 2.23. The Morgan fingerprint density at radius 3 is 3.00 bits per heavy atom. The summed E-state index contributed by atoms with van der Waals surface area (Å²) in [7, 11) is 2.13. The second-order valence-electron chi connectivity index (χ2n) is 4.47. The molecule has 3 nitrogen and oxygen atoms in total. The van der Waals surface area contributed by atoms with Crippen molar-refractivity contribution < 1.29 is 9.84 Å². The minimum atomic E-state index is 0.269. The SMILES string of the molecule is CCC(C)N(C)C1COc2cc(O)ccc21. The molecule has 3 heteroatoms. The van der Waals surface area contributed by atoms with E-state index in [2.05, 4.69) is 25.8 Å². The molecule has 0 saturated heterocycles. The molecule has 1 N–H and O–H groups in total. The fourth-order valence-electron chi connectivity index (χ4n) is 2.11. The lowest BCUT2D eigenvalue weighted by molar-refractivity contribution is 0.150. The van der Waals surface area contributed by atoms with Crippen LogP contribution in [-0.4, -0.2) is 29.7 Å². The zero-order valence-electron chi connectivity index (χ0n) is 10.1.